The molecule has 0 radical (unpaired) electrons. The molecule has 0 amide bonds. The van der Waals surface area contributed by atoms with Crippen molar-refractivity contribution in [2.24, 2.45) is 0 Å². The Hall–Kier alpha value is -2.10. The molecule has 0 fully saturated rings. The predicted octanol–water partition coefficient (Wildman–Crippen LogP) is 2.07. The highest BCUT2D eigenvalue weighted by atomic mass is 16.4. The van der Waals surface area contributed by atoms with Crippen LogP contribution in [0.1, 0.15) is 27.6 Å². The van der Waals surface area contributed by atoms with Crippen LogP contribution in [-0.2, 0) is 0 Å². The number of carbonyl (C=O) groups excluding carboxylic acids is 1. The lowest BCUT2D eigenvalue weighted by atomic mass is 10.1. The zero-order valence-electron chi connectivity index (χ0n) is 8.07. The van der Waals surface area contributed by atoms with Gasteiger partial charge < -0.3 is 10.1 Å². The summed E-state index contributed by atoms with van der Waals surface area (Å²) in [6.45, 7) is 1.48. The van der Waals surface area contributed by atoms with E-state index in [0.717, 1.165) is 5.39 Å². The molecule has 1 aromatic heterocycles. The van der Waals surface area contributed by atoms with Crippen molar-refractivity contribution < 1.29 is 14.7 Å². The first kappa shape index (κ1) is 9.45. The monoisotopic (exact) mass is 203 g/mol. The van der Waals surface area contributed by atoms with E-state index in [9.17, 15) is 9.59 Å². The van der Waals surface area contributed by atoms with Crippen LogP contribution in [0.25, 0.3) is 10.9 Å². The molecule has 2 N–H and O–H groups in total. The molecule has 1 heterocycles. The van der Waals surface area contributed by atoms with Crippen molar-refractivity contribution in [2.75, 3.05) is 0 Å². The van der Waals surface area contributed by atoms with Crippen LogP contribution in [0.5, 0.6) is 0 Å². The molecule has 1 aromatic carbocycles. The van der Waals surface area contributed by atoms with Crippen LogP contribution < -0.4 is 0 Å². The zero-order valence-corrected chi connectivity index (χ0v) is 8.07. The van der Waals surface area contributed by atoms with Gasteiger partial charge in [-0.3, -0.25) is 4.79 Å². The van der Waals surface area contributed by atoms with Gasteiger partial charge in [-0.2, -0.15) is 0 Å². The number of aromatic carboxylic acids is 1. The largest absolute Gasteiger partial charge is 0.478 e. The van der Waals surface area contributed by atoms with Gasteiger partial charge in [0.15, 0.2) is 5.78 Å². The maximum absolute atomic E-state index is 11.2. The van der Waals surface area contributed by atoms with Gasteiger partial charge in [-0.1, -0.05) is 6.07 Å². The lowest BCUT2D eigenvalue weighted by Gasteiger charge is -1.95. The number of Topliss-reactive ketones (excluding diaryl/α,β-unsaturated/α-hetero) is 1. The number of aromatic amines is 1. The maximum atomic E-state index is 11.2. The van der Waals surface area contributed by atoms with E-state index in [1.807, 2.05) is 0 Å². The Bertz CT molecular complexity index is 554. The average molecular weight is 203 g/mol. The summed E-state index contributed by atoms with van der Waals surface area (Å²) in [6, 6.07) is 4.65. The molecule has 0 saturated carbocycles. The van der Waals surface area contributed by atoms with Crippen molar-refractivity contribution in [1.82, 2.24) is 4.98 Å². The molecule has 2 aromatic rings. The topological polar surface area (TPSA) is 70.2 Å². The zero-order chi connectivity index (χ0) is 11.0. The van der Waals surface area contributed by atoms with Crippen molar-refractivity contribution in [3.8, 4) is 0 Å². The number of H-pyrrole nitrogens is 1. The van der Waals surface area contributed by atoms with Gasteiger partial charge in [0.2, 0.25) is 0 Å². The van der Waals surface area contributed by atoms with E-state index in [-0.39, 0.29) is 11.3 Å². The van der Waals surface area contributed by atoms with Crippen LogP contribution >= 0.6 is 0 Å². The molecular formula is C11H9NO3. The first-order chi connectivity index (χ1) is 7.09. The smallest absolute Gasteiger partial charge is 0.335 e. The number of rotatable bonds is 2. The van der Waals surface area contributed by atoms with E-state index in [0.29, 0.717) is 11.1 Å². The van der Waals surface area contributed by atoms with Crippen LogP contribution in [0.15, 0.2) is 24.4 Å². The molecule has 15 heavy (non-hydrogen) atoms. The van der Waals surface area contributed by atoms with Crippen molar-refractivity contribution in [1.29, 1.82) is 0 Å². The molecule has 4 nitrogen and oxygen atoms in total. The molecule has 0 aliphatic heterocycles. The van der Waals surface area contributed by atoms with E-state index in [1.165, 1.54) is 19.1 Å². The van der Waals surface area contributed by atoms with Gasteiger partial charge in [0.1, 0.15) is 0 Å². The van der Waals surface area contributed by atoms with E-state index in [2.05, 4.69) is 4.98 Å². The molecule has 76 valence electrons. The van der Waals surface area contributed by atoms with Gasteiger partial charge in [-0.25, -0.2) is 4.79 Å². The molecule has 2 rings (SSSR count). The first-order valence-electron chi connectivity index (χ1n) is 4.45. The fraction of sp³-hybridized carbons (Fsp3) is 0.0909. The van der Waals surface area contributed by atoms with Crippen LogP contribution in [-0.4, -0.2) is 21.8 Å². The highest BCUT2D eigenvalue weighted by Gasteiger charge is 2.10. The Balaban J connectivity index is 2.66. The summed E-state index contributed by atoms with van der Waals surface area (Å²) in [6.07, 6.45) is 1.60. The molecule has 0 aliphatic carbocycles. The van der Waals surface area contributed by atoms with Crippen molar-refractivity contribution in [3.63, 3.8) is 0 Å². The fourth-order valence-corrected chi connectivity index (χ4v) is 1.55. The number of hydrogen-bond acceptors (Lipinski definition) is 2. The standard InChI is InChI=1S/C11H9NO3/c1-6(13)9-5-12-10-4-7(11(14)15)2-3-8(9)10/h2-5,12H,1H3,(H,14,15). The summed E-state index contributed by atoms with van der Waals surface area (Å²) in [4.78, 5) is 24.8. The lowest BCUT2D eigenvalue weighted by molar-refractivity contribution is 0.0697. The third-order valence-corrected chi connectivity index (χ3v) is 2.31. The lowest BCUT2D eigenvalue weighted by Crippen LogP contribution is -1.95. The normalized spacial score (nSPS) is 10.5. The van der Waals surface area contributed by atoms with Gasteiger partial charge in [0, 0.05) is 22.7 Å². The van der Waals surface area contributed by atoms with Gasteiger partial charge in [-0.15, -0.1) is 0 Å². The van der Waals surface area contributed by atoms with Crippen molar-refractivity contribution >= 4 is 22.7 Å². The summed E-state index contributed by atoms with van der Waals surface area (Å²) in [5, 5.41) is 9.54. The first-order valence-corrected chi connectivity index (χ1v) is 4.45. The van der Waals surface area contributed by atoms with Crippen LogP contribution in [0.4, 0.5) is 0 Å². The molecule has 4 heteroatoms. The summed E-state index contributed by atoms with van der Waals surface area (Å²) in [5.74, 6) is -1.01. The molecule has 0 spiro atoms. The van der Waals surface area contributed by atoms with E-state index >= 15 is 0 Å². The molecule has 0 unspecified atom stereocenters. The third kappa shape index (κ3) is 1.50. The van der Waals surface area contributed by atoms with E-state index in [1.54, 1.807) is 12.3 Å². The van der Waals surface area contributed by atoms with Gasteiger partial charge in [0.05, 0.1) is 5.56 Å². The Morgan fingerprint density at radius 2 is 2.07 bits per heavy atom. The third-order valence-electron chi connectivity index (χ3n) is 2.31. The predicted molar refractivity (Wildman–Crippen MR) is 55.3 cm³/mol. The number of carboxylic acids is 1. The number of carbonyl (C=O) groups is 2. The second kappa shape index (κ2) is 3.24. The number of hydrogen-bond donors (Lipinski definition) is 2. The molecular weight excluding hydrogens is 194 g/mol. The minimum Gasteiger partial charge on any atom is -0.478 e. The summed E-state index contributed by atoms with van der Waals surface area (Å²) in [7, 11) is 0. The number of ketones is 1. The highest BCUT2D eigenvalue weighted by molar-refractivity contribution is 6.07. The second-order valence-electron chi connectivity index (χ2n) is 3.32. The number of aromatic nitrogens is 1. The SMILES string of the molecule is CC(=O)c1c[nH]c2cc(C(=O)O)ccc12. The quantitative estimate of drug-likeness (QED) is 0.734. The second-order valence-corrected chi connectivity index (χ2v) is 3.32. The van der Waals surface area contributed by atoms with Crippen molar-refractivity contribution in [3.05, 3.63) is 35.5 Å². The van der Waals surface area contributed by atoms with Crippen LogP contribution in [0.2, 0.25) is 0 Å². The number of carboxylic acid groups (broad SMARTS) is 1. The molecule has 0 aliphatic rings. The number of nitrogens with one attached hydrogen (secondary N) is 1. The van der Waals surface area contributed by atoms with Gasteiger partial charge >= 0.3 is 5.97 Å². The number of benzene rings is 1. The highest BCUT2D eigenvalue weighted by Crippen LogP contribution is 2.20. The fourth-order valence-electron chi connectivity index (χ4n) is 1.55. The Morgan fingerprint density at radius 1 is 1.33 bits per heavy atom. The number of fused-ring (bicyclic) bond motifs is 1. The van der Waals surface area contributed by atoms with Gasteiger partial charge in [-0.05, 0) is 19.1 Å². The van der Waals surface area contributed by atoms with E-state index in [4.69, 9.17) is 5.11 Å². The average Bonchev–Trinajstić information content (AvgIpc) is 2.59. The molecule has 0 atom stereocenters. The van der Waals surface area contributed by atoms with Gasteiger partial charge in [0.25, 0.3) is 0 Å². The van der Waals surface area contributed by atoms with Crippen molar-refractivity contribution in [2.45, 2.75) is 6.92 Å². The summed E-state index contributed by atoms with van der Waals surface area (Å²) >= 11 is 0. The van der Waals surface area contributed by atoms with Crippen LogP contribution in [0, 0.1) is 0 Å². The summed E-state index contributed by atoms with van der Waals surface area (Å²) < 4.78 is 0. The minimum absolute atomic E-state index is 0.0377. The maximum Gasteiger partial charge on any atom is 0.335 e. The molecule has 0 bridgehead atoms. The van der Waals surface area contributed by atoms with Crippen LogP contribution in [0.3, 0.4) is 0 Å². The minimum atomic E-state index is -0.976. The Kier molecular flexibility index (Phi) is 2.04. The summed E-state index contributed by atoms with van der Waals surface area (Å²) in [5.41, 5.74) is 1.46. The van der Waals surface area contributed by atoms with E-state index < -0.39 is 5.97 Å². The Morgan fingerprint density at radius 3 is 2.67 bits per heavy atom. The molecule has 0 saturated heterocycles. The Labute approximate surface area is 85.5 Å².